The van der Waals surface area contributed by atoms with Crippen molar-refractivity contribution in [2.75, 3.05) is 11.4 Å². The van der Waals surface area contributed by atoms with Gasteiger partial charge in [0.15, 0.2) is 0 Å². The zero-order chi connectivity index (χ0) is 11.5. The molecular formula is C13H19ClN2. The van der Waals surface area contributed by atoms with Gasteiger partial charge in [0.2, 0.25) is 0 Å². The molecule has 16 heavy (non-hydrogen) atoms. The van der Waals surface area contributed by atoms with Gasteiger partial charge in [-0.05, 0) is 43.9 Å². The molecule has 0 unspecified atom stereocenters. The SMILES string of the molecule is CCc1cc(CCl)cc(N(CC)C2CC2)n1. The molecule has 1 aromatic heterocycles. The number of pyridine rings is 1. The number of aryl methyl sites for hydroxylation is 1. The molecule has 0 aromatic carbocycles. The van der Waals surface area contributed by atoms with E-state index in [2.05, 4.69) is 30.9 Å². The average Bonchev–Trinajstić information content (AvgIpc) is 3.14. The van der Waals surface area contributed by atoms with Gasteiger partial charge in [-0.25, -0.2) is 4.98 Å². The van der Waals surface area contributed by atoms with Crippen molar-refractivity contribution in [2.24, 2.45) is 0 Å². The van der Waals surface area contributed by atoms with Crippen molar-refractivity contribution >= 4 is 17.4 Å². The fraction of sp³-hybridized carbons (Fsp3) is 0.615. The van der Waals surface area contributed by atoms with Crippen LogP contribution in [0.1, 0.15) is 37.9 Å². The monoisotopic (exact) mass is 238 g/mol. The summed E-state index contributed by atoms with van der Waals surface area (Å²) in [6.45, 7) is 5.36. The Balaban J connectivity index is 2.30. The van der Waals surface area contributed by atoms with Crippen LogP contribution in [-0.4, -0.2) is 17.6 Å². The molecule has 0 bridgehead atoms. The molecule has 1 heterocycles. The Morgan fingerprint density at radius 2 is 2.12 bits per heavy atom. The first-order valence-electron chi connectivity index (χ1n) is 6.11. The quantitative estimate of drug-likeness (QED) is 0.732. The van der Waals surface area contributed by atoms with Crippen LogP contribution in [0.15, 0.2) is 12.1 Å². The molecule has 0 spiro atoms. The lowest BCUT2D eigenvalue weighted by molar-refractivity contribution is 0.800. The van der Waals surface area contributed by atoms with E-state index in [1.807, 2.05) is 0 Å². The van der Waals surface area contributed by atoms with Crippen LogP contribution in [-0.2, 0) is 12.3 Å². The molecule has 0 radical (unpaired) electrons. The number of nitrogens with zero attached hydrogens (tertiary/aromatic N) is 2. The van der Waals surface area contributed by atoms with Crippen molar-refractivity contribution in [3.63, 3.8) is 0 Å². The molecule has 0 atom stereocenters. The zero-order valence-electron chi connectivity index (χ0n) is 10.0. The second-order valence-electron chi connectivity index (χ2n) is 4.33. The molecule has 2 nitrogen and oxygen atoms in total. The molecule has 0 saturated heterocycles. The Kier molecular flexibility index (Phi) is 3.70. The number of halogens is 1. The summed E-state index contributed by atoms with van der Waals surface area (Å²) < 4.78 is 0. The largest absolute Gasteiger partial charge is 0.354 e. The van der Waals surface area contributed by atoms with E-state index < -0.39 is 0 Å². The van der Waals surface area contributed by atoms with Crippen LogP contribution in [0.3, 0.4) is 0 Å². The summed E-state index contributed by atoms with van der Waals surface area (Å²) in [6.07, 6.45) is 3.59. The highest BCUT2D eigenvalue weighted by Gasteiger charge is 2.29. The Hall–Kier alpha value is -0.760. The number of anilines is 1. The van der Waals surface area contributed by atoms with Crippen LogP contribution < -0.4 is 4.90 Å². The average molecular weight is 239 g/mol. The molecule has 0 N–H and O–H groups in total. The van der Waals surface area contributed by atoms with Crippen molar-refractivity contribution in [3.05, 3.63) is 23.4 Å². The number of rotatable bonds is 5. The van der Waals surface area contributed by atoms with Gasteiger partial charge >= 0.3 is 0 Å². The lowest BCUT2D eigenvalue weighted by Crippen LogP contribution is -2.26. The number of alkyl halides is 1. The standard InChI is InChI=1S/C13H19ClN2/c1-3-11-7-10(9-14)8-13(15-11)16(4-2)12-5-6-12/h7-8,12H,3-6,9H2,1-2H3. The highest BCUT2D eigenvalue weighted by Crippen LogP contribution is 2.31. The summed E-state index contributed by atoms with van der Waals surface area (Å²) in [4.78, 5) is 7.10. The van der Waals surface area contributed by atoms with E-state index in [9.17, 15) is 0 Å². The van der Waals surface area contributed by atoms with E-state index in [1.165, 1.54) is 18.4 Å². The predicted molar refractivity (Wildman–Crippen MR) is 69.2 cm³/mol. The summed E-state index contributed by atoms with van der Waals surface area (Å²) in [5.74, 6) is 1.69. The molecule has 0 aliphatic heterocycles. The van der Waals surface area contributed by atoms with Gasteiger partial charge in [-0.2, -0.15) is 0 Å². The van der Waals surface area contributed by atoms with Crippen LogP contribution >= 0.6 is 11.6 Å². The topological polar surface area (TPSA) is 16.1 Å². The molecule has 1 aromatic rings. The van der Waals surface area contributed by atoms with Gasteiger partial charge in [-0.3, -0.25) is 0 Å². The lowest BCUT2D eigenvalue weighted by atomic mass is 10.2. The third-order valence-corrected chi connectivity index (χ3v) is 3.37. The summed E-state index contributed by atoms with van der Waals surface area (Å²) in [7, 11) is 0. The Morgan fingerprint density at radius 3 is 2.62 bits per heavy atom. The van der Waals surface area contributed by atoms with Crippen LogP contribution in [0, 0.1) is 0 Å². The van der Waals surface area contributed by atoms with Crippen LogP contribution in [0.25, 0.3) is 0 Å². The smallest absolute Gasteiger partial charge is 0.129 e. The molecule has 0 amide bonds. The van der Waals surface area contributed by atoms with Gasteiger partial charge in [0, 0.05) is 24.2 Å². The number of aromatic nitrogens is 1. The zero-order valence-corrected chi connectivity index (χ0v) is 10.8. The maximum Gasteiger partial charge on any atom is 0.129 e. The van der Waals surface area contributed by atoms with Crippen molar-refractivity contribution in [3.8, 4) is 0 Å². The third kappa shape index (κ3) is 2.49. The van der Waals surface area contributed by atoms with E-state index in [-0.39, 0.29) is 0 Å². The maximum absolute atomic E-state index is 5.92. The van der Waals surface area contributed by atoms with Crippen LogP contribution in [0.5, 0.6) is 0 Å². The molecule has 88 valence electrons. The highest BCUT2D eigenvalue weighted by molar-refractivity contribution is 6.17. The first-order valence-corrected chi connectivity index (χ1v) is 6.64. The van der Waals surface area contributed by atoms with Crippen molar-refractivity contribution in [2.45, 2.75) is 45.0 Å². The summed E-state index contributed by atoms with van der Waals surface area (Å²) in [5, 5.41) is 0. The van der Waals surface area contributed by atoms with Gasteiger partial charge < -0.3 is 4.90 Å². The van der Waals surface area contributed by atoms with Gasteiger partial charge in [0.25, 0.3) is 0 Å². The third-order valence-electron chi connectivity index (χ3n) is 3.06. The fourth-order valence-corrected chi connectivity index (χ4v) is 2.19. The molecular weight excluding hydrogens is 220 g/mol. The van der Waals surface area contributed by atoms with Crippen molar-refractivity contribution in [1.29, 1.82) is 0 Å². The number of hydrogen-bond donors (Lipinski definition) is 0. The minimum atomic E-state index is 0.574. The Morgan fingerprint density at radius 1 is 1.38 bits per heavy atom. The van der Waals surface area contributed by atoms with E-state index in [0.717, 1.165) is 24.5 Å². The first-order chi connectivity index (χ1) is 7.78. The maximum atomic E-state index is 5.92. The van der Waals surface area contributed by atoms with E-state index in [1.54, 1.807) is 0 Å². The minimum absolute atomic E-state index is 0.574. The summed E-state index contributed by atoms with van der Waals surface area (Å²) >= 11 is 5.92. The van der Waals surface area contributed by atoms with Gasteiger partial charge in [0.05, 0.1) is 0 Å². The molecule has 2 rings (SSSR count). The second kappa shape index (κ2) is 5.05. The second-order valence-corrected chi connectivity index (χ2v) is 4.60. The normalized spacial score (nSPS) is 15.2. The van der Waals surface area contributed by atoms with Gasteiger partial charge in [-0.1, -0.05) is 6.92 Å². The van der Waals surface area contributed by atoms with Crippen molar-refractivity contribution < 1.29 is 0 Å². The Labute approximate surface area is 103 Å². The number of hydrogen-bond acceptors (Lipinski definition) is 2. The fourth-order valence-electron chi connectivity index (χ4n) is 2.03. The molecule has 1 fully saturated rings. The van der Waals surface area contributed by atoms with Crippen molar-refractivity contribution in [1.82, 2.24) is 4.98 Å². The van der Waals surface area contributed by atoms with Crippen LogP contribution in [0.4, 0.5) is 5.82 Å². The molecule has 3 heteroatoms. The summed E-state index contributed by atoms with van der Waals surface area (Å²) in [6, 6.07) is 4.96. The predicted octanol–water partition coefficient (Wildman–Crippen LogP) is 3.37. The van der Waals surface area contributed by atoms with E-state index in [4.69, 9.17) is 16.6 Å². The van der Waals surface area contributed by atoms with E-state index in [0.29, 0.717) is 11.9 Å². The summed E-state index contributed by atoms with van der Waals surface area (Å²) in [5.41, 5.74) is 2.33. The van der Waals surface area contributed by atoms with Crippen LogP contribution in [0.2, 0.25) is 0 Å². The molecule has 1 aliphatic rings. The highest BCUT2D eigenvalue weighted by atomic mass is 35.5. The van der Waals surface area contributed by atoms with Gasteiger partial charge in [0.1, 0.15) is 5.82 Å². The first kappa shape index (κ1) is 11.7. The lowest BCUT2D eigenvalue weighted by Gasteiger charge is -2.22. The van der Waals surface area contributed by atoms with Gasteiger partial charge in [-0.15, -0.1) is 11.6 Å². The molecule has 1 aliphatic carbocycles. The van der Waals surface area contributed by atoms with E-state index >= 15 is 0 Å². The minimum Gasteiger partial charge on any atom is -0.354 e. The molecule has 1 saturated carbocycles. The Bertz CT molecular complexity index is 339.